The van der Waals surface area contributed by atoms with E-state index in [0.29, 0.717) is 16.5 Å². The van der Waals surface area contributed by atoms with Crippen LogP contribution in [0.5, 0.6) is 0 Å². The summed E-state index contributed by atoms with van der Waals surface area (Å²) in [5.41, 5.74) is 3.25. The highest BCUT2D eigenvalue weighted by Gasteiger charge is 2.14. The van der Waals surface area contributed by atoms with E-state index in [0.717, 1.165) is 11.1 Å². The topological polar surface area (TPSA) is 20.2 Å². The molecule has 3 heteroatoms. The van der Waals surface area contributed by atoms with Gasteiger partial charge in [0.1, 0.15) is 0 Å². The zero-order valence-electron chi connectivity index (χ0n) is 12.5. The van der Waals surface area contributed by atoms with Gasteiger partial charge in [-0.25, -0.2) is 0 Å². The molecule has 1 N–H and O–H groups in total. The molecule has 0 aliphatic heterocycles. The van der Waals surface area contributed by atoms with Gasteiger partial charge in [0.2, 0.25) is 0 Å². The third-order valence-corrected chi connectivity index (χ3v) is 3.96. The molecular weight excluding hydrogens is 303 g/mol. The SMILES string of the molecule is CC(C)(C)c1ccc(CC(O)c2cc(Cl)cc(Cl)c2)cc1. The Hall–Kier alpha value is -1.02. The summed E-state index contributed by atoms with van der Waals surface area (Å²) in [7, 11) is 0. The summed E-state index contributed by atoms with van der Waals surface area (Å²) in [6.45, 7) is 6.56. The highest BCUT2D eigenvalue weighted by Crippen LogP contribution is 2.27. The average molecular weight is 323 g/mol. The van der Waals surface area contributed by atoms with Crippen molar-refractivity contribution in [2.75, 3.05) is 0 Å². The third-order valence-electron chi connectivity index (χ3n) is 3.52. The average Bonchev–Trinajstić information content (AvgIpc) is 2.37. The Morgan fingerprint density at radius 1 is 0.952 bits per heavy atom. The summed E-state index contributed by atoms with van der Waals surface area (Å²) >= 11 is 11.9. The second kappa shape index (κ2) is 6.39. The maximum absolute atomic E-state index is 10.3. The normalized spacial score (nSPS) is 13.2. The number of hydrogen-bond donors (Lipinski definition) is 1. The van der Waals surface area contributed by atoms with Crippen molar-refractivity contribution in [2.24, 2.45) is 0 Å². The molecule has 0 aliphatic rings. The molecule has 0 spiro atoms. The minimum atomic E-state index is -0.610. The van der Waals surface area contributed by atoms with E-state index < -0.39 is 6.10 Å². The Bertz CT molecular complexity index is 592. The van der Waals surface area contributed by atoms with Crippen molar-refractivity contribution in [3.05, 3.63) is 69.2 Å². The van der Waals surface area contributed by atoms with Gasteiger partial charge in [-0.15, -0.1) is 0 Å². The lowest BCUT2D eigenvalue weighted by molar-refractivity contribution is 0.178. The fourth-order valence-corrected chi connectivity index (χ4v) is 2.79. The summed E-state index contributed by atoms with van der Waals surface area (Å²) in [4.78, 5) is 0. The van der Waals surface area contributed by atoms with Crippen LogP contribution in [0.2, 0.25) is 10.0 Å². The van der Waals surface area contributed by atoms with Gasteiger partial charge in [-0.1, -0.05) is 68.2 Å². The highest BCUT2D eigenvalue weighted by atomic mass is 35.5. The van der Waals surface area contributed by atoms with Gasteiger partial charge in [0.05, 0.1) is 6.10 Å². The molecule has 0 aliphatic carbocycles. The van der Waals surface area contributed by atoms with Crippen LogP contribution in [0, 0.1) is 0 Å². The van der Waals surface area contributed by atoms with Crippen LogP contribution in [0.1, 0.15) is 43.6 Å². The van der Waals surface area contributed by atoms with Gasteiger partial charge in [0.25, 0.3) is 0 Å². The number of rotatable bonds is 3. The zero-order valence-corrected chi connectivity index (χ0v) is 14.0. The Labute approximate surface area is 136 Å². The quantitative estimate of drug-likeness (QED) is 0.783. The molecule has 0 bridgehead atoms. The van der Waals surface area contributed by atoms with E-state index in [1.165, 1.54) is 5.56 Å². The van der Waals surface area contributed by atoms with E-state index in [-0.39, 0.29) is 5.41 Å². The molecule has 0 saturated heterocycles. The first-order valence-corrected chi connectivity index (χ1v) is 7.75. The fourth-order valence-electron chi connectivity index (χ4n) is 2.25. The lowest BCUT2D eigenvalue weighted by Gasteiger charge is -2.19. The van der Waals surface area contributed by atoms with Gasteiger partial charge in [0, 0.05) is 16.5 Å². The van der Waals surface area contributed by atoms with E-state index in [2.05, 4.69) is 45.0 Å². The predicted octanol–water partition coefficient (Wildman–Crippen LogP) is 5.57. The molecule has 2 aromatic carbocycles. The highest BCUT2D eigenvalue weighted by molar-refractivity contribution is 6.34. The summed E-state index contributed by atoms with van der Waals surface area (Å²) in [6.07, 6.45) is -0.0668. The second-order valence-electron chi connectivity index (χ2n) is 6.37. The van der Waals surface area contributed by atoms with Crippen LogP contribution in [-0.4, -0.2) is 5.11 Å². The molecule has 0 aromatic heterocycles. The number of hydrogen-bond acceptors (Lipinski definition) is 1. The van der Waals surface area contributed by atoms with Gasteiger partial charge in [-0.05, 0) is 40.3 Å². The Kier molecular flexibility index (Phi) is 4.98. The largest absolute Gasteiger partial charge is 0.388 e. The zero-order chi connectivity index (χ0) is 15.6. The number of halogens is 2. The van der Waals surface area contributed by atoms with Crippen LogP contribution < -0.4 is 0 Å². The monoisotopic (exact) mass is 322 g/mol. The van der Waals surface area contributed by atoms with Crippen LogP contribution in [-0.2, 0) is 11.8 Å². The van der Waals surface area contributed by atoms with Crippen molar-refractivity contribution in [3.8, 4) is 0 Å². The predicted molar refractivity (Wildman–Crippen MR) is 90.3 cm³/mol. The van der Waals surface area contributed by atoms with Gasteiger partial charge in [0.15, 0.2) is 0 Å². The molecule has 0 radical (unpaired) electrons. The summed E-state index contributed by atoms with van der Waals surface area (Å²) in [6, 6.07) is 13.5. The molecule has 112 valence electrons. The van der Waals surface area contributed by atoms with Crippen LogP contribution >= 0.6 is 23.2 Å². The van der Waals surface area contributed by atoms with Crippen molar-refractivity contribution in [1.82, 2.24) is 0 Å². The summed E-state index contributed by atoms with van der Waals surface area (Å²) in [5.74, 6) is 0. The molecule has 1 atom stereocenters. The maximum atomic E-state index is 10.3. The van der Waals surface area contributed by atoms with Crippen LogP contribution in [0.4, 0.5) is 0 Å². The maximum Gasteiger partial charge on any atom is 0.0831 e. The van der Waals surface area contributed by atoms with Crippen LogP contribution in [0.15, 0.2) is 42.5 Å². The minimum absolute atomic E-state index is 0.137. The first-order chi connectivity index (χ1) is 9.75. The molecule has 1 nitrogen and oxygen atoms in total. The van der Waals surface area contributed by atoms with Gasteiger partial charge in [-0.3, -0.25) is 0 Å². The molecular formula is C18H20Cl2O. The number of aliphatic hydroxyl groups excluding tert-OH is 1. The molecule has 0 amide bonds. The van der Waals surface area contributed by atoms with Crippen LogP contribution in [0.25, 0.3) is 0 Å². The van der Waals surface area contributed by atoms with Crippen molar-refractivity contribution in [2.45, 2.75) is 38.7 Å². The van der Waals surface area contributed by atoms with E-state index in [9.17, 15) is 5.11 Å². The van der Waals surface area contributed by atoms with Crippen LogP contribution in [0.3, 0.4) is 0 Å². The van der Waals surface area contributed by atoms with Crippen molar-refractivity contribution < 1.29 is 5.11 Å². The van der Waals surface area contributed by atoms with E-state index in [4.69, 9.17) is 23.2 Å². The standard InChI is InChI=1S/C18H20Cl2O/c1-18(2,3)14-6-4-12(5-7-14)8-17(21)13-9-15(19)11-16(20)10-13/h4-7,9-11,17,21H,8H2,1-3H3. The molecule has 21 heavy (non-hydrogen) atoms. The van der Waals surface area contributed by atoms with Gasteiger partial charge < -0.3 is 5.11 Å². The first-order valence-electron chi connectivity index (χ1n) is 6.99. The lowest BCUT2D eigenvalue weighted by Crippen LogP contribution is -2.11. The fraction of sp³-hybridized carbons (Fsp3) is 0.333. The third kappa shape index (κ3) is 4.47. The molecule has 2 rings (SSSR count). The Morgan fingerprint density at radius 2 is 1.48 bits per heavy atom. The van der Waals surface area contributed by atoms with Gasteiger partial charge >= 0.3 is 0 Å². The molecule has 2 aromatic rings. The molecule has 0 heterocycles. The van der Waals surface area contributed by atoms with E-state index >= 15 is 0 Å². The Balaban J connectivity index is 2.14. The van der Waals surface area contributed by atoms with Crippen molar-refractivity contribution in [1.29, 1.82) is 0 Å². The summed E-state index contributed by atoms with van der Waals surface area (Å²) < 4.78 is 0. The first kappa shape index (κ1) is 16.4. The minimum Gasteiger partial charge on any atom is -0.388 e. The number of aliphatic hydroxyl groups is 1. The van der Waals surface area contributed by atoms with Crippen molar-refractivity contribution >= 4 is 23.2 Å². The molecule has 0 fully saturated rings. The molecule has 0 saturated carbocycles. The van der Waals surface area contributed by atoms with E-state index in [1.54, 1.807) is 18.2 Å². The lowest BCUT2D eigenvalue weighted by atomic mass is 9.86. The summed E-state index contributed by atoms with van der Waals surface area (Å²) in [5, 5.41) is 11.4. The Morgan fingerprint density at radius 3 is 1.95 bits per heavy atom. The molecule has 1 unspecified atom stereocenters. The smallest absolute Gasteiger partial charge is 0.0831 e. The van der Waals surface area contributed by atoms with Gasteiger partial charge in [-0.2, -0.15) is 0 Å². The van der Waals surface area contributed by atoms with Crippen molar-refractivity contribution in [3.63, 3.8) is 0 Å². The van der Waals surface area contributed by atoms with E-state index in [1.807, 2.05) is 0 Å². The number of benzene rings is 2. The second-order valence-corrected chi connectivity index (χ2v) is 7.24.